The van der Waals surface area contributed by atoms with E-state index in [1.165, 1.54) is 64.7 Å². The Labute approximate surface area is 350 Å². The Kier molecular flexibility index (Phi) is 33.6. The smallest absolute Gasteiger partial charge is 0.326 e. The first-order valence-corrected chi connectivity index (χ1v) is 22.6. The van der Waals surface area contributed by atoms with Gasteiger partial charge in [0.05, 0.1) is 0 Å². The number of hydrogen-bond donors (Lipinski definition) is 9. The van der Waals surface area contributed by atoms with Gasteiger partial charge in [-0.15, -0.1) is 0 Å². The first-order chi connectivity index (χ1) is 27.8. The molecule has 0 heterocycles. The third kappa shape index (κ3) is 28.2. The minimum Gasteiger partial charge on any atom is -0.480 e. The van der Waals surface area contributed by atoms with E-state index >= 15 is 0 Å². The number of amides is 5. The fourth-order valence-electron chi connectivity index (χ4n) is 6.77. The van der Waals surface area contributed by atoms with Crippen molar-refractivity contribution >= 4 is 35.5 Å². The maximum atomic E-state index is 13.6. The third-order valence-corrected chi connectivity index (χ3v) is 10.3. The van der Waals surface area contributed by atoms with Crippen LogP contribution < -0.4 is 43.8 Å². The van der Waals surface area contributed by atoms with E-state index in [0.29, 0.717) is 71.0 Å². The molecule has 0 rings (SSSR count). The highest BCUT2D eigenvalue weighted by molar-refractivity contribution is 5.95. The zero-order valence-electron chi connectivity index (χ0n) is 36.7. The average molecular weight is 825 g/mol. The largest absolute Gasteiger partial charge is 0.480 e. The molecule has 0 fully saturated rings. The van der Waals surface area contributed by atoms with Crippen molar-refractivity contribution in [2.24, 2.45) is 23.1 Å². The molecule has 58 heavy (non-hydrogen) atoms. The number of unbranched alkanes of at least 4 members (excludes halogenated alkanes) is 15. The van der Waals surface area contributed by atoms with Gasteiger partial charge in [-0.25, -0.2) is 4.79 Å². The summed E-state index contributed by atoms with van der Waals surface area (Å²) < 4.78 is 0. The highest BCUT2D eigenvalue weighted by Gasteiger charge is 2.31. The van der Waals surface area contributed by atoms with Crippen LogP contribution in [0.2, 0.25) is 0 Å². The molecule has 0 radical (unpaired) electrons. The molecule has 0 aliphatic rings. The molecule has 0 unspecified atom stereocenters. The van der Waals surface area contributed by atoms with Crippen LogP contribution in [0.15, 0.2) is 0 Å². The van der Waals surface area contributed by atoms with Crippen molar-refractivity contribution in [3.63, 3.8) is 0 Å². The van der Waals surface area contributed by atoms with Crippen LogP contribution in [0.1, 0.15) is 182 Å². The van der Waals surface area contributed by atoms with E-state index in [9.17, 15) is 33.9 Å². The van der Waals surface area contributed by atoms with Crippen molar-refractivity contribution in [1.29, 1.82) is 0 Å². The minimum atomic E-state index is -1.19. The van der Waals surface area contributed by atoms with Gasteiger partial charge < -0.3 is 48.9 Å². The lowest BCUT2D eigenvalue weighted by Gasteiger charge is -2.26. The zero-order chi connectivity index (χ0) is 43.6. The molecule has 0 aliphatic carbocycles. The molecule has 338 valence electrons. The van der Waals surface area contributed by atoms with Crippen molar-refractivity contribution in [2.75, 3.05) is 19.6 Å². The Morgan fingerprint density at radius 3 is 1.26 bits per heavy atom. The lowest BCUT2D eigenvalue weighted by Crippen LogP contribution is -2.58. The second-order valence-corrected chi connectivity index (χ2v) is 16.3. The Hall–Kier alpha value is -3.30. The second-order valence-electron chi connectivity index (χ2n) is 16.3. The van der Waals surface area contributed by atoms with Gasteiger partial charge in [0.2, 0.25) is 29.5 Å². The lowest BCUT2D eigenvalue weighted by atomic mass is 10.0. The Bertz CT molecular complexity index is 1140. The van der Waals surface area contributed by atoms with E-state index in [1.54, 1.807) is 0 Å². The van der Waals surface area contributed by atoms with Gasteiger partial charge in [0.1, 0.15) is 30.2 Å². The summed E-state index contributed by atoms with van der Waals surface area (Å²) in [5, 5.41) is 23.2. The van der Waals surface area contributed by atoms with Gasteiger partial charge in [0.15, 0.2) is 0 Å². The maximum absolute atomic E-state index is 13.6. The number of rotatable bonds is 38. The van der Waals surface area contributed by atoms with Crippen molar-refractivity contribution in [3.05, 3.63) is 0 Å². The van der Waals surface area contributed by atoms with Crippen LogP contribution >= 0.6 is 0 Å². The maximum Gasteiger partial charge on any atom is 0.326 e. The van der Waals surface area contributed by atoms with E-state index < -0.39 is 59.8 Å². The summed E-state index contributed by atoms with van der Waals surface area (Å²) in [6.45, 7) is 8.75. The molecule has 0 saturated heterocycles. The molecule has 0 spiro atoms. The normalized spacial score (nSPS) is 13.9. The lowest BCUT2D eigenvalue weighted by molar-refractivity contribution is -0.142. The van der Waals surface area contributed by atoms with Crippen molar-refractivity contribution in [1.82, 2.24) is 26.6 Å². The van der Waals surface area contributed by atoms with Crippen LogP contribution in [0.3, 0.4) is 0 Å². The fourth-order valence-corrected chi connectivity index (χ4v) is 6.77. The van der Waals surface area contributed by atoms with E-state index in [-0.39, 0.29) is 31.1 Å². The SMILES string of the molecule is CCCCCCCCCCCCCCCC(=O)N[C@@H](CCCCN)C(=O)N[C@@H](CC(C)C)C(=O)N[C@@H](C)C(=O)N[C@@H](CCCCN)C(=O)N[C@@H](CCCCN)C(=O)O. The summed E-state index contributed by atoms with van der Waals surface area (Å²) >= 11 is 0. The van der Waals surface area contributed by atoms with Gasteiger partial charge >= 0.3 is 5.97 Å². The summed E-state index contributed by atoms with van der Waals surface area (Å²) in [5.74, 6) is -3.75. The molecule has 0 aliphatic heterocycles. The number of nitrogens with two attached hydrogens (primary N) is 3. The number of nitrogens with one attached hydrogen (secondary N) is 5. The first-order valence-electron chi connectivity index (χ1n) is 22.6. The predicted molar refractivity (Wildman–Crippen MR) is 231 cm³/mol. The highest BCUT2D eigenvalue weighted by atomic mass is 16.4. The summed E-state index contributed by atoms with van der Waals surface area (Å²) in [5.41, 5.74) is 16.9. The Morgan fingerprint density at radius 1 is 0.448 bits per heavy atom. The first kappa shape index (κ1) is 54.7. The molecule has 15 heteroatoms. The van der Waals surface area contributed by atoms with Crippen molar-refractivity contribution < 1.29 is 33.9 Å². The average Bonchev–Trinajstić information content (AvgIpc) is 3.17. The number of carbonyl (C=O) groups is 6. The molecule has 5 atom stereocenters. The van der Waals surface area contributed by atoms with Crippen molar-refractivity contribution in [3.8, 4) is 0 Å². The van der Waals surface area contributed by atoms with Gasteiger partial charge in [-0.2, -0.15) is 0 Å². The van der Waals surface area contributed by atoms with Crippen LogP contribution in [0.5, 0.6) is 0 Å². The molecule has 0 aromatic carbocycles. The van der Waals surface area contributed by atoms with Crippen LogP contribution in [0.4, 0.5) is 0 Å². The molecule has 15 nitrogen and oxygen atoms in total. The van der Waals surface area contributed by atoms with Gasteiger partial charge in [-0.3, -0.25) is 24.0 Å². The number of hydrogen-bond acceptors (Lipinski definition) is 9. The third-order valence-electron chi connectivity index (χ3n) is 10.3. The van der Waals surface area contributed by atoms with Gasteiger partial charge in [-0.05, 0) is 103 Å². The monoisotopic (exact) mass is 825 g/mol. The van der Waals surface area contributed by atoms with E-state index in [1.807, 2.05) is 13.8 Å². The number of carboxylic acid groups (broad SMARTS) is 1. The molecule has 0 aromatic heterocycles. The molecule has 0 saturated carbocycles. The second kappa shape index (κ2) is 35.6. The Morgan fingerprint density at radius 2 is 0.828 bits per heavy atom. The number of carbonyl (C=O) groups excluding carboxylic acids is 5. The van der Waals surface area contributed by atoms with Crippen LogP contribution in [-0.2, 0) is 28.8 Å². The predicted octanol–water partition coefficient (Wildman–Crippen LogP) is 4.43. The topological polar surface area (TPSA) is 261 Å². The van der Waals surface area contributed by atoms with Crippen molar-refractivity contribution in [2.45, 2.75) is 212 Å². The summed E-state index contributed by atoms with van der Waals surface area (Å²) in [4.78, 5) is 78.5. The van der Waals surface area contributed by atoms with Crippen LogP contribution in [-0.4, -0.2) is 90.5 Å². The van der Waals surface area contributed by atoms with Crippen LogP contribution in [0, 0.1) is 5.92 Å². The quantitative estimate of drug-likeness (QED) is 0.0396. The van der Waals surface area contributed by atoms with Gasteiger partial charge in [0.25, 0.3) is 0 Å². The molecule has 12 N–H and O–H groups in total. The van der Waals surface area contributed by atoms with Crippen LogP contribution in [0.25, 0.3) is 0 Å². The molecular weight excluding hydrogens is 741 g/mol. The Balaban J connectivity index is 5.32. The van der Waals surface area contributed by atoms with Gasteiger partial charge in [-0.1, -0.05) is 97.8 Å². The number of aliphatic carboxylic acids is 1. The van der Waals surface area contributed by atoms with E-state index in [2.05, 4.69) is 33.5 Å². The number of carboxylic acids is 1. The summed E-state index contributed by atoms with van der Waals surface area (Å²) in [6, 6.07) is -5.13. The standard InChI is InChI=1S/C43H84N8O7/c1-5-6-7-8-9-10-11-12-13-14-15-16-17-27-38(52)48-34(24-18-21-28-44)40(54)51-37(31-32(2)3)42(56)47-33(4)39(53)49-35(25-19-22-29-45)41(55)50-36(43(57)58)26-20-23-30-46/h32-37H,5-31,44-46H2,1-4H3,(H,47,56)(H,48,52)(H,49,53)(H,50,55)(H,51,54)(H,57,58)/t33-,34-,35-,36-,37-/m0/s1. The molecule has 5 amide bonds. The molecule has 0 bridgehead atoms. The minimum absolute atomic E-state index is 0.00340. The molecule has 0 aromatic rings. The summed E-state index contributed by atoms with van der Waals surface area (Å²) in [7, 11) is 0. The fraction of sp³-hybridized carbons (Fsp3) is 0.860. The van der Waals surface area contributed by atoms with E-state index in [0.717, 1.165) is 25.7 Å². The highest BCUT2D eigenvalue weighted by Crippen LogP contribution is 2.14. The summed E-state index contributed by atoms with van der Waals surface area (Å²) in [6.07, 6.45) is 20.5. The van der Waals surface area contributed by atoms with E-state index in [4.69, 9.17) is 17.2 Å². The molecular formula is C43H84N8O7. The zero-order valence-corrected chi connectivity index (χ0v) is 36.7. The van der Waals surface area contributed by atoms with Gasteiger partial charge in [0, 0.05) is 6.42 Å².